The Labute approximate surface area is 179 Å². The molecule has 30 heavy (non-hydrogen) atoms. The zero-order valence-corrected chi connectivity index (χ0v) is 17.7. The number of benzene rings is 2. The van der Waals surface area contributed by atoms with Gasteiger partial charge in [0, 0.05) is 29.9 Å². The molecule has 1 fully saturated rings. The maximum atomic E-state index is 11.3. The molecule has 2 atom stereocenters. The number of hydrogen-bond donors (Lipinski definition) is 1. The highest BCUT2D eigenvalue weighted by atomic mass is 16.5. The quantitative estimate of drug-likeness (QED) is 0.595. The van der Waals surface area contributed by atoms with Gasteiger partial charge in [0.2, 0.25) is 0 Å². The Kier molecular flexibility index (Phi) is 6.16. The van der Waals surface area contributed by atoms with Gasteiger partial charge in [-0.1, -0.05) is 60.7 Å². The van der Waals surface area contributed by atoms with E-state index >= 15 is 0 Å². The van der Waals surface area contributed by atoms with Gasteiger partial charge in [0.15, 0.2) is 0 Å². The first-order valence-electron chi connectivity index (χ1n) is 10.6. The summed E-state index contributed by atoms with van der Waals surface area (Å²) >= 11 is 0. The van der Waals surface area contributed by atoms with E-state index in [4.69, 9.17) is 4.74 Å². The molecular formula is C26H30N2O2. The summed E-state index contributed by atoms with van der Waals surface area (Å²) in [4.78, 5) is 6.77. The molecular weight excluding hydrogens is 372 g/mol. The predicted octanol–water partition coefficient (Wildman–Crippen LogP) is 5.14. The summed E-state index contributed by atoms with van der Waals surface area (Å²) in [6.07, 6.45) is 4.86. The van der Waals surface area contributed by atoms with Crippen LogP contribution < -0.4 is 4.74 Å². The average Bonchev–Trinajstić information content (AvgIpc) is 3.07. The van der Waals surface area contributed by atoms with E-state index in [2.05, 4.69) is 48.0 Å². The molecule has 4 rings (SSSR count). The highest BCUT2D eigenvalue weighted by molar-refractivity contribution is 5.27. The van der Waals surface area contributed by atoms with E-state index in [1.165, 1.54) is 5.56 Å². The number of likely N-dealkylation sites (tertiary alicyclic amines) is 1. The van der Waals surface area contributed by atoms with Crippen LogP contribution in [0.2, 0.25) is 0 Å². The summed E-state index contributed by atoms with van der Waals surface area (Å²) in [5.41, 5.74) is 3.22. The molecule has 4 heteroatoms. The molecule has 0 radical (unpaired) electrons. The number of ether oxygens (including phenoxy) is 1. The summed E-state index contributed by atoms with van der Waals surface area (Å²) in [5.74, 6) is 0.683. The maximum Gasteiger partial charge on any atom is 0.138 e. The zero-order valence-electron chi connectivity index (χ0n) is 17.7. The van der Waals surface area contributed by atoms with E-state index < -0.39 is 6.10 Å². The number of nitrogens with zero attached hydrogens (tertiary/aromatic N) is 2. The van der Waals surface area contributed by atoms with Crippen molar-refractivity contribution in [1.29, 1.82) is 0 Å². The lowest BCUT2D eigenvalue weighted by molar-refractivity contribution is 0.0273. The smallest absolute Gasteiger partial charge is 0.138 e. The van der Waals surface area contributed by atoms with Crippen molar-refractivity contribution < 1.29 is 9.84 Å². The summed E-state index contributed by atoms with van der Waals surface area (Å²) in [6.45, 7) is 5.84. The largest absolute Gasteiger partial charge is 0.487 e. The lowest BCUT2D eigenvalue weighted by atomic mass is 10.0. The minimum absolute atomic E-state index is 0.0380. The van der Waals surface area contributed by atoms with Crippen molar-refractivity contribution in [3.63, 3.8) is 0 Å². The van der Waals surface area contributed by atoms with Crippen molar-refractivity contribution in [3.05, 3.63) is 95.8 Å². The van der Waals surface area contributed by atoms with Gasteiger partial charge in [0.1, 0.15) is 12.4 Å². The number of aliphatic hydroxyl groups is 1. The first-order valence-corrected chi connectivity index (χ1v) is 10.6. The van der Waals surface area contributed by atoms with E-state index in [1.807, 2.05) is 42.5 Å². The van der Waals surface area contributed by atoms with Gasteiger partial charge in [0.25, 0.3) is 0 Å². The van der Waals surface area contributed by atoms with Crippen molar-refractivity contribution in [3.8, 4) is 5.75 Å². The minimum atomic E-state index is -0.608. The molecule has 0 aliphatic carbocycles. The van der Waals surface area contributed by atoms with Crippen molar-refractivity contribution in [2.45, 2.75) is 57.5 Å². The van der Waals surface area contributed by atoms with E-state index in [0.717, 1.165) is 30.5 Å². The minimum Gasteiger partial charge on any atom is -0.487 e. The fourth-order valence-corrected chi connectivity index (χ4v) is 4.33. The highest BCUT2D eigenvalue weighted by Gasteiger charge is 2.42. The van der Waals surface area contributed by atoms with E-state index in [-0.39, 0.29) is 11.6 Å². The van der Waals surface area contributed by atoms with Crippen LogP contribution >= 0.6 is 0 Å². The summed E-state index contributed by atoms with van der Waals surface area (Å²) in [5, 5.41) is 11.3. The molecule has 3 aromatic rings. The Morgan fingerprint density at radius 1 is 1.03 bits per heavy atom. The van der Waals surface area contributed by atoms with Crippen LogP contribution in [-0.2, 0) is 13.2 Å². The molecule has 0 spiro atoms. The van der Waals surface area contributed by atoms with Gasteiger partial charge in [-0.05, 0) is 43.9 Å². The first-order chi connectivity index (χ1) is 14.5. The van der Waals surface area contributed by atoms with Crippen LogP contribution in [0.25, 0.3) is 0 Å². The average molecular weight is 403 g/mol. The highest BCUT2D eigenvalue weighted by Crippen LogP contribution is 2.40. The van der Waals surface area contributed by atoms with Crippen LogP contribution in [0, 0.1) is 0 Å². The molecule has 1 aromatic heterocycles. The Balaban J connectivity index is 1.49. The Morgan fingerprint density at radius 3 is 2.40 bits per heavy atom. The second-order valence-corrected chi connectivity index (χ2v) is 8.71. The SMILES string of the molecule is CC1(C)CC[C@H]([C@H](O)c2cncc(OCc3ccccc3)c2)N1Cc1ccccc1. The van der Waals surface area contributed by atoms with Crippen LogP contribution in [0.15, 0.2) is 79.1 Å². The normalized spacial score (nSPS) is 19.5. The van der Waals surface area contributed by atoms with Crippen molar-refractivity contribution in [2.75, 3.05) is 0 Å². The molecule has 1 aliphatic rings. The third-order valence-corrected chi connectivity index (χ3v) is 6.11. The van der Waals surface area contributed by atoms with Crippen molar-refractivity contribution >= 4 is 0 Å². The maximum absolute atomic E-state index is 11.3. The molecule has 4 nitrogen and oxygen atoms in total. The summed E-state index contributed by atoms with van der Waals surface area (Å²) in [7, 11) is 0. The lowest BCUT2D eigenvalue weighted by Gasteiger charge is -2.38. The van der Waals surface area contributed by atoms with Gasteiger partial charge in [-0.25, -0.2) is 0 Å². The molecule has 0 bridgehead atoms. The fraction of sp³-hybridized carbons (Fsp3) is 0.346. The second kappa shape index (κ2) is 8.99. The van der Waals surface area contributed by atoms with Crippen LogP contribution in [0.1, 0.15) is 49.5 Å². The van der Waals surface area contributed by atoms with E-state index in [1.54, 1.807) is 12.4 Å². The molecule has 0 amide bonds. The lowest BCUT2D eigenvalue weighted by Crippen LogP contribution is -2.44. The Morgan fingerprint density at radius 2 is 1.70 bits per heavy atom. The van der Waals surface area contributed by atoms with Gasteiger partial charge >= 0.3 is 0 Å². The number of rotatable bonds is 7. The number of aliphatic hydroxyl groups excluding tert-OH is 1. The van der Waals surface area contributed by atoms with Gasteiger partial charge in [-0.2, -0.15) is 0 Å². The van der Waals surface area contributed by atoms with Crippen LogP contribution in [-0.4, -0.2) is 26.6 Å². The molecule has 1 aliphatic heterocycles. The van der Waals surface area contributed by atoms with Crippen LogP contribution in [0.3, 0.4) is 0 Å². The summed E-state index contributed by atoms with van der Waals surface area (Å²) in [6, 6.07) is 22.5. The van der Waals surface area contributed by atoms with Gasteiger partial charge in [0.05, 0.1) is 12.3 Å². The molecule has 0 saturated carbocycles. The number of aromatic nitrogens is 1. The van der Waals surface area contributed by atoms with Gasteiger partial charge < -0.3 is 9.84 Å². The second-order valence-electron chi connectivity index (χ2n) is 8.71. The molecule has 156 valence electrons. The number of hydrogen-bond acceptors (Lipinski definition) is 4. The molecule has 1 saturated heterocycles. The predicted molar refractivity (Wildman–Crippen MR) is 119 cm³/mol. The van der Waals surface area contributed by atoms with Gasteiger partial charge in [-0.3, -0.25) is 9.88 Å². The molecule has 0 unspecified atom stereocenters. The summed E-state index contributed by atoms with van der Waals surface area (Å²) < 4.78 is 5.92. The molecule has 1 N–H and O–H groups in total. The van der Waals surface area contributed by atoms with Crippen LogP contribution in [0.5, 0.6) is 5.75 Å². The first kappa shape index (κ1) is 20.6. The van der Waals surface area contributed by atoms with Gasteiger partial charge in [-0.15, -0.1) is 0 Å². The van der Waals surface area contributed by atoms with E-state index in [9.17, 15) is 5.11 Å². The third-order valence-electron chi connectivity index (χ3n) is 6.11. The van der Waals surface area contributed by atoms with Crippen LogP contribution in [0.4, 0.5) is 0 Å². The van der Waals surface area contributed by atoms with Crippen molar-refractivity contribution in [2.24, 2.45) is 0 Å². The Bertz CT molecular complexity index is 944. The zero-order chi connectivity index (χ0) is 21.0. The van der Waals surface area contributed by atoms with Crippen molar-refractivity contribution in [1.82, 2.24) is 9.88 Å². The molecule has 2 aromatic carbocycles. The van der Waals surface area contributed by atoms with E-state index in [0.29, 0.717) is 12.4 Å². The standard InChI is InChI=1S/C26H30N2O2/c1-26(2)14-13-24(28(26)18-20-9-5-3-6-10-20)25(29)22-15-23(17-27-16-22)30-19-21-11-7-4-8-12-21/h3-12,15-17,24-25,29H,13-14,18-19H2,1-2H3/t24-,25-/m1/s1. The molecule has 2 heterocycles. The fourth-order valence-electron chi connectivity index (χ4n) is 4.33. The Hall–Kier alpha value is -2.69. The monoisotopic (exact) mass is 402 g/mol. The number of pyridine rings is 1. The third kappa shape index (κ3) is 4.72. The topological polar surface area (TPSA) is 45.6 Å².